The molecule has 3 aromatic rings. The van der Waals surface area contributed by atoms with Gasteiger partial charge in [0.2, 0.25) is 5.91 Å². The van der Waals surface area contributed by atoms with E-state index in [4.69, 9.17) is 10.5 Å². The largest absolute Gasteiger partial charge is 0.453 e. The predicted molar refractivity (Wildman–Crippen MR) is 115 cm³/mol. The second kappa shape index (κ2) is 9.69. The Morgan fingerprint density at radius 3 is 2.87 bits per heavy atom. The van der Waals surface area contributed by atoms with E-state index in [-0.39, 0.29) is 18.1 Å². The van der Waals surface area contributed by atoms with Crippen LogP contribution >= 0.6 is 0 Å². The Labute approximate surface area is 175 Å². The zero-order chi connectivity index (χ0) is 21.7. The van der Waals surface area contributed by atoms with Crippen molar-refractivity contribution in [2.75, 3.05) is 27.2 Å². The lowest BCUT2D eigenvalue weighted by molar-refractivity contribution is -0.122. The van der Waals surface area contributed by atoms with Crippen molar-refractivity contribution in [3.8, 4) is 11.5 Å². The third-order valence-electron chi connectivity index (χ3n) is 4.82. The fourth-order valence-corrected chi connectivity index (χ4v) is 3.23. The fraction of sp³-hybridized carbons (Fsp3) is 0.364. The van der Waals surface area contributed by atoms with Crippen molar-refractivity contribution in [1.29, 1.82) is 0 Å². The molecule has 30 heavy (non-hydrogen) atoms. The number of aryl methyl sites for hydroxylation is 1. The van der Waals surface area contributed by atoms with Gasteiger partial charge in [-0.3, -0.25) is 4.79 Å². The first-order valence-corrected chi connectivity index (χ1v) is 9.92. The van der Waals surface area contributed by atoms with E-state index in [2.05, 4.69) is 15.3 Å². The molecule has 0 saturated heterocycles. The monoisotopic (exact) mass is 413 g/mol. The molecule has 0 aliphatic rings. The lowest BCUT2D eigenvalue weighted by Crippen LogP contribution is -2.42. The van der Waals surface area contributed by atoms with Gasteiger partial charge in [0.15, 0.2) is 11.6 Å². The van der Waals surface area contributed by atoms with Crippen LogP contribution in [-0.4, -0.2) is 54.0 Å². The minimum atomic E-state index is -0.738. The Kier molecular flexibility index (Phi) is 7.02. The number of fused-ring (bicyclic) bond motifs is 1. The van der Waals surface area contributed by atoms with E-state index in [1.165, 1.54) is 6.07 Å². The van der Waals surface area contributed by atoms with Gasteiger partial charge in [-0.2, -0.15) is 0 Å². The number of rotatable bonds is 9. The van der Waals surface area contributed by atoms with Crippen molar-refractivity contribution in [3.63, 3.8) is 0 Å². The van der Waals surface area contributed by atoms with Crippen LogP contribution in [0.1, 0.15) is 17.5 Å². The summed E-state index contributed by atoms with van der Waals surface area (Å²) in [5.41, 5.74) is 8.27. The molecule has 8 heteroatoms. The summed E-state index contributed by atoms with van der Waals surface area (Å²) in [6.07, 6.45) is 4.52. The Morgan fingerprint density at radius 1 is 1.33 bits per heavy atom. The van der Waals surface area contributed by atoms with Gasteiger partial charge in [-0.25, -0.2) is 9.37 Å². The number of pyridine rings is 1. The van der Waals surface area contributed by atoms with Gasteiger partial charge in [-0.05, 0) is 69.7 Å². The fourth-order valence-electron chi connectivity index (χ4n) is 3.23. The number of aromatic amines is 1. The highest BCUT2D eigenvalue weighted by Gasteiger charge is 2.16. The first-order chi connectivity index (χ1) is 14.3. The third kappa shape index (κ3) is 5.34. The quantitative estimate of drug-likeness (QED) is 0.469. The molecule has 7 nitrogen and oxygen atoms in total. The number of aromatic nitrogens is 2. The normalized spacial score (nSPS) is 12.3. The summed E-state index contributed by atoms with van der Waals surface area (Å²) in [6.45, 7) is 3.37. The van der Waals surface area contributed by atoms with E-state index in [0.717, 1.165) is 23.9 Å². The van der Waals surface area contributed by atoms with Crippen molar-refractivity contribution in [2.45, 2.75) is 25.8 Å². The van der Waals surface area contributed by atoms with Gasteiger partial charge >= 0.3 is 0 Å². The van der Waals surface area contributed by atoms with Crippen molar-refractivity contribution in [1.82, 2.24) is 20.2 Å². The SMILES string of the molecule is Cc1c[nH]c2nccc(Oc3ccc(CC(N)C(=O)NCCCN(C)C)cc3F)c12. The number of nitrogens with zero attached hydrogens (tertiary/aromatic N) is 2. The first kappa shape index (κ1) is 21.7. The third-order valence-corrected chi connectivity index (χ3v) is 4.82. The number of carbonyl (C=O) groups is 1. The number of amides is 1. The Balaban J connectivity index is 1.62. The van der Waals surface area contributed by atoms with Crippen LogP contribution in [0.5, 0.6) is 11.5 Å². The van der Waals surface area contributed by atoms with E-state index < -0.39 is 11.9 Å². The molecule has 3 rings (SSSR count). The second-order valence-corrected chi connectivity index (χ2v) is 7.63. The van der Waals surface area contributed by atoms with Crippen LogP contribution < -0.4 is 15.8 Å². The van der Waals surface area contributed by atoms with Crippen LogP contribution in [0.3, 0.4) is 0 Å². The number of carbonyl (C=O) groups excluding carboxylic acids is 1. The summed E-state index contributed by atoms with van der Waals surface area (Å²) in [7, 11) is 3.96. The van der Waals surface area contributed by atoms with Crippen LogP contribution in [0, 0.1) is 12.7 Å². The van der Waals surface area contributed by atoms with Crippen LogP contribution in [0.2, 0.25) is 0 Å². The van der Waals surface area contributed by atoms with Crippen molar-refractivity contribution in [3.05, 3.63) is 53.6 Å². The second-order valence-electron chi connectivity index (χ2n) is 7.63. The summed E-state index contributed by atoms with van der Waals surface area (Å²) in [6, 6.07) is 5.60. The van der Waals surface area contributed by atoms with Crippen molar-refractivity contribution < 1.29 is 13.9 Å². The molecule has 4 N–H and O–H groups in total. The zero-order valence-electron chi connectivity index (χ0n) is 17.5. The van der Waals surface area contributed by atoms with Gasteiger partial charge in [-0.1, -0.05) is 6.07 Å². The van der Waals surface area contributed by atoms with Gasteiger partial charge < -0.3 is 25.7 Å². The molecule has 2 aromatic heterocycles. The zero-order valence-corrected chi connectivity index (χ0v) is 17.5. The maximum absolute atomic E-state index is 14.6. The molecule has 0 radical (unpaired) electrons. The van der Waals surface area contributed by atoms with Gasteiger partial charge in [0.1, 0.15) is 11.4 Å². The summed E-state index contributed by atoms with van der Waals surface area (Å²) in [5.74, 6) is -0.117. The summed E-state index contributed by atoms with van der Waals surface area (Å²) in [5, 5.41) is 3.63. The molecule has 0 bridgehead atoms. The predicted octanol–water partition coefficient (Wildman–Crippen LogP) is 2.74. The first-order valence-electron chi connectivity index (χ1n) is 9.92. The van der Waals surface area contributed by atoms with E-state index in [1.54, 1.807) is 24.4 Å². The van der Waals surface area contributed by atoms with E-state index in [0.29, 0.717) is 23.5 Å². The Hall–Kier alpha value is -2.97. The Morgan fingerprint density at radius 2 is 2.13 bits per heavy atom. The summed E-state index contributed by atoms with van der Waals surface area (Å²) in [4.78, 5) is 21.5. The molecule has 160 valence electrons. The number of hydrogen-bond acceptors (Lipinski definition) is 5. The van der Waals surface area contributed by atoms with Gasteiger partial charge in [0.05, 0.1) is 11.4 Å². The number of nitrogens with one attached hydrogen (secondary N) is 2. The number of nitrogens with two attached hydrogens (primary N) is 1. The maximum atomic E-state index is 14.6. The molecule has 1 aromatic carbocycles. The molecule has 0 fully saturated rings. The van der Waals surface area contributed by atoms with Crippen LogP contribution in [0.25, 0.3) is 11.0 Å². The standard InChI is InChI=1S/C22H28FN5O2/c1-14-13-27-21-20(14)19(7-9-25-21)30-18-6-5-15(11-16(18)23)12-17(24)22(29)26-8-4-10-28(2)3/h5-7,9,11,13,17H,4,8,10,12,24H2,1-3H3,(H,25,27)(H,26,29). The number of halogens is 1. The molecule has 1 unspecified atom stereocenters. The topological polar surface area (TPSA) is 96.3 Å². The summed E-state index contributed by atoms with van der Waals surface area (Å²) < 4.78 is 20.4. The van der Waals surface area contributed by atoms with Gasteiger partial charge in [-0.15, -0.1) is 0 Å². The van der Waals surface area contributed by atoms with Gasteiger partial charge in [0, 0.05) is 18.9 Å². The van der Waals surface area contributed by atoms with E-state index >= 15 is 0 Å². The maximum Gasteiger partial charge on any atom is 0.237 e. The molecular weight excluding hydrogens is 385 g/mol. The summed E-state index contributed by atoms with van der Waals surface area (Å²) >= 11 is 0. The molecule has 0 spiro atoms. The molecular formula is C22H28FN5O2. The minimum Gasteiger partial charge on any atom is -0.453 e. The molecule has 0 aliphatic heterocycles. The smallest absolute Gasteiger partial charge is 0.237 e. The van der Waals surface area contributed by atoms with Crippen LogP contribution in [-0.2, 0) is 11.2 Å². The number of ether oxygens (including phenoxy) is 1. The van der Waals surface area contributed by atoms with Crippen LogP contribution in [0.4, 0.5) is 4.39 Å². The number of hydrogen-bond donors (Lipinski definition) is 3. The highest BCUT2D eigenvalue weighted by molar-refractivity contribution is 5.86. The molecule has 1 atom stereocenters. The minimum absolute atomic E-state index is 0.105. The average molecular weight is 413 g/mol. The van der Waals surface area contributed by atoms with E-state index in [1.807, 2.05) is 32.1 Å². The number of H-pyrrole nitrogens is 1. The molecule has 2 heterocycles. The Bertz CT molecular complexity index is 1020. The highest BCUT2D eigenvalue weighted by Crippen LogP contribution is 2.32. The lowest BCUT2D eigenvalue weighted by atomic mass is 10.1. The van der Waals surface area contributed by atoms with Crippen LogP contribution in [0.15, 0.2) is 36.7 Å². The highest BCUT2D eigenvalue weighted by atomic mass is 19.1. The van der Waals surface area contributed by atoms with Crippen molar-refractivity contribution >= 4 is 16.9 Å². The molecule has 1 amide bonds. The number of benzene rings is 1. The average Bonchev–Trinajstić information content (AvgIpc) is 3.09. The van der Waals surface area contributed by atoms with Crippen molar-refractivity contribution in [2.24, 2.45) is 5.73 Å². The lowest BCUT2D eigenvalue weighted by Gasteiger charge is -2.14. The van der Waals surface area contributed by atoms with Gasteiger partial charge in [0.25, 0.3) is 0 Å². The molecule has 0 aliphatic carbocycles. The molecule has 0 saturated carbocycles. The van der Waals surface area contributed by atoms with E-state index in [9.17, 15) is 9.18 Å².